The molecule has 0 saturated heterocycles. The van der Waals surface area contributed by atoms with Gasteiger partial charge in [-0.3, -0.25) is 20.3 Å². The second-order valence-electron chi connectivity index (χ2n) is 6.69. The summed E-state index contributed by atoms with van der Waals surface area (Å²) >= 11 is 5.41. The number of nitrogens with zero attached hydrogens (tertiary/aromatic N) is 3. The van der Waals surface area contributed by atoms with Crippen LogP contribution < -0.4 is 27.0 Å². The van der Waals surface area contributed by atoms with Gasteiger partial charge >= 0.3 is 0 Å². The summed E-state index contributed by atoms with van der Waals surface area (Å²) in [4.78, 5) is 27.7. The van der Waals surface area contributed by atoms with E-state index in [1.807, 2.05) is 5.48 Å². The Morgan fingerprint density at radius 1 is 1.29 bits per heavy atom. The van der Waals surface area contributed by atoms with Crippen LogP contribution in [-0.2, 0) is 0 Å². The van der Waals surface area contributed by atoms with Crippen LogP contribution >= 0.6 is 39.4 Å². The number of hydrogen-bond acceptors (Lipinski definition) is 10. The lowest BCUT2D eigenvalue weighted by atomic mass is 10.2. The van der Waals surface area contributed by atoms with Crippen LogP contribution in [0.4, 0.5) is 21.5 Å². The summed E-state index contributed by atoms with van der Waals surface area (Å²) in [5.74, 6) is 0.177. The van der Waals surface area contributed by atoms with E-state index in [2.05, 4.69) is 40.3 Å². The minimum Gasteiger partial charge on any atom is -0.379 e. The number of rotatable bonds is 9. The minimum atomic E-state index is -0.506. The number of hydroxylamine groups is 1. The van der Waals surface area contributed by atoms with E-state index in [0.29, 0.717) is 40.1 Å². The molecule has 13 heteroatoms. The van der Waals surface area contributed by atoms with E-state index < -0.39 is 16.7 Å². The summed E-state index contributed by atoms with van der Waals surface area (Å²) in [6.45, 7) is 0.426. The van der Waals surface area contributed by atoms with E-state index in [-0.39, 0.29) is 16.4 Å². The molecule has 0 spiro atoms. The molecule has 4 rings (SSSR count). The Hall–Kier alpha value is -2.35. The van der Waals surface area contributed by atoms with Crippen molar-refractivity contribution in [3.63, 3.8) is 0 Å². The van der Waals surface area contributed by atoms with E-state index >= 15 is 0 Å². The zero-order valence-electron chi connectivity index (χ0n) is 15.8. The highest BCUT2D eigenvalue weighted by Gasteiger charge is 2.28. The summed E-state index contributed by atoms with van der Waals surface area (Å²) in [5.41, 5.74) is 2.49. The fourth-order valence-electron chi connectivity index (χ4n) is 2.69. The van der Waals surface area contributed by atoms with Gasteiger partial charge in [0.25, 0.3) is 10.9 Å². The summed E-state index contributed by atoms with van der Waals surface area (Å²) in [6, 6.07) is 4.48. The lowest BCUT2D eigenvalue weighted by Crippen LogP contribution is -2.38. The van der Waals surface area contributed by atoms with Gasteiger partial charge < -0.3 is 10.6 Å². The van der Waals surface area contributed by atoms with Crippen molar-refractivity contribution in [1.29, 1.82) is 0 Å². The highest BCUT2D eigenvalue weighted by Crippen LogP contribution is 2.27. The molecule has 0 amide bonds. The van der Waals surface area contributed by atoms with Crippen molar-refractivity contribution in [1.82, 2.24) is 14.2 Å². The molecule has 31 heavy (non-hydrogen) atoms. The van der Waals surface area contributed by atoms with Gasteiger partial charge in [0, 0.05) is 18.3 Å². The van der Waals surface area contributed by atoms with Gasteiger partial charge in [-0.2, -0.15) is 8.75 Å². The first-order valence-electron chi connectivity index (χ1n) is 9.21. The molecule has 9 nitrogen and oxygen atoms in total. The fraction of sp³-hybridized carbons (Fsp3) is 0.278. The molecule has 1 saturated carbocycles. The van der Waals surface area contributed by atoms with Crippen molar-refractivity contribution >= 4 is 62.3 Å². The molecule has 0 unspecified atom stereocenters. The SMILES string of the molecule is O=c1c(NCCSc2nsnc2C(=Nc2ccc(F)c(Br)c2)NO)c(NC2CC2)c1=O. The van der Waals surface area contributed by atoms with Gasteiger partial charge in [-0.25, -0.2) is 9.38 Å². The maximum absolute atomic E-state index is 13.4. The Labute approximate surface area is 192 Å². The average Bonchev–Trinajstić information content (AvgIpc) is 3.48. The van der Waals surface area contributed by atoms with Crippen molar-refractivity contribution in [2.24, 2.45) is 4.99 Å². The molecular weight excluding hydrogens is 511 g/mol. The number of benzene rings is 1. The van der Waals surface area contributed by atoms with Crippen molar-refractivity contribution in [2.75, 3.05) is 22.9 Å². The third kappa shape index (κ3) is 4.95. The molecule has 0 bridgehead atoms. The largest absolute Gasteiger partial charge is 0.379 e. The number of thioether (sulfide) groups is 1. The lowest BCUT2D eigenvalue weighted by Gasteiger charge is -2.14. The number of amidine groups is 1. The number of hydrogen-bond donors (Lipinski definition) is 4. The standard InChI is InChI=1S/C18H16BrFN6O3S2/c19-10-7-9(3-4-11(10)20)23-17(24-29)14-18(26-31-25-14)30-6-5-21-12-13(16(28)15(12)27)22-8-1-2-8/h3-4,7-8,21-22,29H,1-2,5-6H2,(H,23,24). The smallest absolute Gasteiger partial charge is 0.253 e. The minimum absolute atomic E-state index is 0.0705. The Balaban J connectivity index is 1.39. The molecule has 0 radical (unpaired) electrons. The molecule has 1 aliphatic rings. The van der Waals surface area contributed by atoms with Crippen LogP contribution in [0, 0.1) is 5.82 Å². The van der Waals surface area contributed by atoms with Crippen LogP contribution in [0.2, 0.25) is 0 Å². The van der Waals surface area contributed by atoms with Gasteiger partial charge in [0.15, 0.2) is 11.5 Å². The Morgan fingerprint density at radius 2 is 2.06 bits per heavy atom. The number of aliphatic imine (C=N–C) groups is 1. The maximum Gasteiger partial charge on any atom is 0.253 e. The van der Waals surface area contributed by atoms with Crippen molar-refractivity contribution in [2.45, 2.75) is 23.9 Å². The van der Waals surface area contributed by atoms with E-state index in [0.717, 1.165) is 24.6 Å². The van der Waals surface area contributed by atoms with Crippen LogP contribution in [0.15, 0.2) is 42.3 Å². The zero-order chi connectivity index (χ0) is 22.0. The first-order chi connectivity index (χ1) is 15.0. The fourth-order valence-corrected chi connectivity index (χ4v) is 4.56. The highest BCUT2D eigenvalue weighted by molar-refractivity contribution is 9.10. The molecule has 1 aliphatic carbocycles. The maximum atomic E-state index is 13.4. The molecule has 1 heterocycles. The summed E-state index contributed by atoms with van der Waals surface area (Å²) in [5, 5.41) is 16.1. The van der Waals surface area contributed by atoms with Crippen LogP contribution in [-0.4, -0.2) is 38.1 Å². The Morgan fingerprint density at radius 3 is 2.77 bits per heavy atom. The second kappa shape index (κ2) is 9.42. The van der Waals surface area contributed by atoms with Crippen LogP contribution in [0.3, 0.4) is 0 Å². The van der Waals surface area contributed by atoms with Gasteiger partial charge in [-0.05, 0) is 47.0 Å². The van der Waals surface area contributed by atoms with Crippen molar-refractivity contribution in [3.05, 3.63) is 54.6 Å². The average molecular weight is 527 g/mol. The van der Waals surface area contributed by atoms with Gasteiger partial charge in [-0.1, -0.05) is 0 Å². The predicted octanol–water partition coefficient (Wildman–Crippen LogP) is 2.87. The van der Waals surface area contributed by atoms with Gasteiger partial charge in [0.2, 0.25) is 0 Å². The summed E-state index contributed by atoms with van der Waals surface area (Å²) in [7, 11) is 0. The first kappa shape index (κ1) is 21.9. The van der Waals surface area contributed by atoms with E-state index in [1.54, 1.807) is 0 Å². The molecule has 4 N–H and O–H groups in total. The molecule has 2 aromatic carbocycles. The van der Waals surface area contributed by atoms with Gasteiger partial charge in [0.1, 0.15) is 22.2 Å². The predicted molar refractivity (Wildman–Crippen MR) is 122 cm³/mol. The molecule has 1 aromatic heterocycles. The number of anilines is 2. The second-order valence-corrected chi connectivity index (χ2v) is 9.16. The van der Waals surface area contributed by atoms with E-state index in [1.165, 1.54) is 30.0 Å². The van der Waals surface area contributed by atoms with Crippen LogP contribution in [0.1, 0.15) is 18.5 Å². The number of aromatic nitrogens is 2. The molecule has 0 aliphatic heterocycles. The number of halogens is 2. The monoisotopic (exact) mass is 526 g/mol. The quantitative estimate of drug-likeness (QED) is 0.0829. The zero-order valence-corrected chi connectivity index (χ0v) is 19.0. The molecule has 1 fully saturated rings. The van der Waals surface area contributed by atoms with Crippen LogP contribution in [0.5, 0.6) is 0 Å². The molecule has 162 valence electrons. The number of nitrogens with one attached hydrogen (secondary N) is 3. The highest BCUT2D eigenvalue weighted by atomic mass is 79.9. The molecule has 0 atom stereocenters. The topological polar surface area (TPSA) is 129 Å². The Kier molecular flexibility index (Phi) is 6.65. The molecule has 3 aromatic rings. The van der Waals surface area contributed by atoms with Crippen molar-refractivity contribution in [3.8, 4) is 0 Å². The lowest BCUT2D eigenvalue weighted by molar-refractivity contribution is 0.234. The molecular formula is C18H16BrFN6O3S2. The first-order valence-corrected chi connectivity index (χ1v) is 11.7. The Bertz CT molecular complexity index is 1210. The summed E-state index contributed by atoms with van der Waals surface area (Å²) < 4.78 is 22.0. The van der Waals surface area contributed by atoms with Gasteiger partial charge in [-0.15, -0.1) is 11.8 Å². The van der Waals surface area contributed by atoms with Gasteiger partial charge in [0.05, 0.1) is 21.9 Å². The van der Waals surface area contributed by atoms with E-state index in [4.69, 9.17) is 0 Å². The third-order valence-electron chi connectivity index (χ3n) is 4.41. The van der Waals surface area contributed by atoms with Crippen LogP contribution in [0.25, 0.3) is 0 Å². The van der Waals surface area contributed by atoms with Crippen molar-refractivity contribution < 1.29 is 9.60 Å². The third-order valence-corrected chi connectivity index (χ3v) is 6.63. The normalized spacial score (nSPS) is 14.1. The summed E-state index contributed by atoms with van der Waals surface area (Å²) in [6.07, 6.45) is 2.01. The van der Waals surface area contributed by atoms with E-state index in [9.17, 15) is 19.2 Å².